The second-order valence-corrected chi connectivity index (χ2v) is 14.2. The number of anilines is 1. The molecule has 1 spiro atoms. The molecule has 4 aliphatic rings. The summed E-state index contributed by atoms with van der Waals surface area (Å²) in [5, 5.41) is 22.9. The van der Waals surface area contributed by atoms with Crippen LogP contribution in [0.2, 0.25) is 0 Å². The lowest BCUT2D eigenvalue weighted by Gasteiger charge is -2.57. The average molecular weight is 705 g/mol. The fourth-order valence-electron chi connectivity index (χ4n) is 8.57. The summed E-state index contributed by atoms with van der Waals surface area (Å²) in [6.07, 6.45) is 5.34. The van der Waals surface area contributed by atoms with Gasteiger partial charge in [0.1, 0.15) is 18.6 Å². The molecular formula is C34H38F2N10O5. The Morgan fingerprint density at radius 2 is 1.86 bits per heavy atom. The number of pyridine rings is 2. The molecule has 4 aromatic rings. The maximum Gasteiger partial charge on any atom is 0.276 e. The maximum absolute atomic E-state index is 14.5. The molecule has 0 radical (unpaired) electrons. The molecule has 0 aromatic carbocycles. The smallest absolute Gasteiger partial charge is 0.276 e. The fourth-order valence-corrected chi connectivity index (χ4v) is 8.57. The van der Waals surface area contributed by atoms with Gasteiger partial charge >= 0.3 is 0 Å². The molecule has 2 atom stereocenters. The number of aromatic nitrogens is 7. The molecule has 8 rings (SSSR count). The third-order valence-electron chi connectivity index (χ3n) is 11.0. The second kappa shape index (κ2) is 11.9. The minimum atomic E-state index is -2.62. The van der Waals surface area contributed by atoms with Crippen molar-refractivity contribution < 1.29 is 28.2 Å². The molecule has 0 bridgehead atoms. The molecule has 1 aliphatic heterocycles. The number of fused-ring (bicyclic) bond motifs is 2. The SMILES string of the molecule is CCc1c(N2CCN(C(=O)c3ncnc(C)c3O)[C@H]3CC[C@@H]32)c(=O)c2nn(-c3ccnc(OC)c3)nc2n1CC(=O)NC1CC2(C1)CC(F)(F)C2. The van der Waals surface area contributed by atoms with E-state index in [2.05, 4.69) is 30.5 Å². The number of aromatic hydroxyl groups is 1. The molecule has 2 N–H and O–H groups in total. The number of ether oxygens (including phenoxy) is 1. The van der Waals surface area contributed by atoms with Gasteiger partial charge in [0.2, 0.25) is 23.1 Å². The number of piperazine rings is 1. The van der Waals surface area contributed by atoms with Crippen molar-refractivity contribution in [2.24, 2.45) is 5.41 Å². The zero-order valence-corrected chi connectivity index (χ0v) is 28.5. The molecule has 2 amide bonds. The highest BCUT2D eigenvalue weighted by Crippen LogP contribution is 2.62. The summed E-state index contributed by atoms with van der Waals surface area (Å²) in [7, 11) is 1.49. The number of nitrogens with zero attached hydrogens (tertiary/aromatic N) is 9. The Morgan fingerprint density at radius 3 is 2.55 bits per heavy atom. The quantitative estimate of drug-likeness (QED) is 0.276. The number of amides is 2. The van der Waals surface area contributed by atoms with Crippen LogP contribution in [0, 0.1) is 12.3 Å². The highest BCUT2D eigenvalue weighted by molar-refractivity contribution is 5.95. The van der Waals surface area contributed by atoms with Crippen molar-refractivity contribution in [3.05, 3.63) is 52.0 Å². The Morgan fingerprint density at radius 1 is 1.10 bits per heavy atom. The number of carbonyl (C=O) groups excluding carboxylic acids is 2. The summed E-state index contributed by atoms with van der Waals surface area (Å²) in [5.41, 5.74) is 1.31. The van der Waals surface area contributed by atoms with E-state index in [1.54, 1.807) is 28.5 Å². The molecule has 17 heteroatoms. The van der Waals surface area contributed by atoms with Crippen molar-refractivity contribution in [2.45, 2.75) is 89.4 Å². The van der Waals surface area contributed by atoms with Gasteiger partial charge in [0.15, 0.2) is 22.6 Å². The maximum atomic E-state index is 14.5. The second-order valence-electron chi connectivity index (χ2n) is 14.2. The van der Waals surface area contributed by atoms with Gasteiger partial charge in [-0.2, -0.15) is 0 Å². The largest absolute Gasteiger partial charge is 0.504 e. The van der Waals surface area contributed by atoms with Crippen LogP contribution in [0.3, 0.4) is 0 Å². The van der Waals surface area contributed by atoms with Gasteiger partial charge in [0, 0.05) is 56.0 Å². The summed E-state index contributed by atoms with van der Waals surface area (Å²) in [6, 6.07) is 2.67. The average Bonchev–Trinajstić information content (AvgIpc) is 3.52. The van der Waals surface area contributed by atoms with Crippen LogP contribution < -0.4 is 20.4 Å². The van der Waals surface area contributed by atoms with Gasteiger partial charge in [-0.15, -0.1) is 15.0 Å². The van der Waals surface area contributed by atoms with E-state index >= 15 is 0 Å². The third kappa shape index (κ3) is 5.44. The number of methoxy groups -OCH3 is 1. The van der Waals surface area contributed by atoms with Gasteiger partial charge in [-0.1, -0.05) is 6.92 Å². The van der Waals surface area contributed by atoms with Crippen molar-refractivity contribution in [1.82, 2.24) is 44.7 Å². The Hall–Kier alpha value is -5.22. The first-order valence-corrected chi connectivity index (χ1v) is 17.2. The predicted molar refractivity (Wildman–Crippen MR) is 178 cm³/mol. The van der Waals surface area contributed by atoms with Crippen molar-refractivity contribution in [3.63, 3.8) is 0 Å². The highest BCUT2D eigenvalue weighted by atomic mass is 19.3. The number of rotatable bonds is 8. The number of halogens is 2. The van der Waals surface area contributed by atoms with E-state index in [-0.39, 0.29) is 78.0 Å². The molecule has 4 fully saturated rings. The van der Waals surface area contributed by atoms with E-state index in [1.165, 1.54) is 24.4 Å². The zero-order valence-electron chi connectivity index (χ0n) is 28.5. The number of hydrogen-bond acceptors (Lipinski definition) is 11. The van der Waals surface area contributed by atoms with Crippen molar-refractivity contribution in [2.75, 3.05) is 25.1 Å². The van der Waals surface area contributed by atoms with Gasteiger partial charge < -0.3 is 29.5 Å². The van der Waals surface area contributed by atoms with E-state index < -0.39 is 17.2 Å². The minimum absolute atomic E-state index is 0.0570. The summed E-state index contributed by atoms with van der Waals surface area (Å²) in [6.45, 7) is 3.94. The third-order valence-corrected chi connectivity index (χ3v) is 11.0. The van der Waals surface area contributed by atoms with Crippen molar-refractivity contribution in [3.8, 4) is 17.3 Å². The number of carbonyl (C=O) groups is 2. The molecule has 51 heavy (non-hydrogen) atoms. The molecule has 1 saturated heterocycles. The van der Waals surface area contributed by atoms with Crippen LogP contribution >= 0.6 is 0 Å². The van der Waals surface area contributed by atoms with Crippen molar-refractivity contribution in [1.29, 1.82) is 0 Å². The molecule has 0 unspecified atom stereocenters. The number of nitrogens with one attached hydrogen (secondary N) is 1. The van der Waals surface area contributed by atoms with Crippen molar-refractivity contribution >= 4 is 28.7 Å². The fraction of sp³-hybridized carbons (Fsp3) is 0.529. The Labute approximate surface area is 290 Å². The van der Waals surface area contributed by atoms with Crippen LogP contribution in [0.1, 0.15) is 67.3 Å². The van der Waals surface area contributed by atoms with E-state index in [0.29, 0.717) is 60.9 Å². The summed E-state index contributed by atoms with van der Waals surface area (Å²) < 4.78 is 34.2. The highest BCUT2D eigenvalue weighted by Gasteiger charge is 2.62. The number of hydrogen-bond donors (Lipinski definition) is 2. The van der Waals surface area contributed by atoms with E-state index in [9.17, 15) is 28.3 Å². The summed E-state index contributed by atoms with van der Waals surface area (Å²) in [5.74, 6) is -3.26. The van der Waals surface area contributed by atoms with E-state index in [0.717, 1.165) is 6.42 Å². The Bertz CT molecular complexity index is 2120. The van der Waals surface area contributed by atoms with Gasteiger partial charge in [-0.3, -0.25) is 14.4 Å². The summed E-state index contributed by atoms with van der Waals surface area (Å²) >= 11 is 0. The van der Waals surface area contributed by atoms with Gasteiger partial charge in [-0.05, 0) is 50.5 Å². The van der Waals surface area contributed by atoms with Gasteiger partial charge in [0.05, 0.1) is 24.5 Å². The first-order valence-electron chi connectivity index (χ1n) is 17.2. The standard InChI is InChI=1S/C34H38F2N10O5/c1-4-21-28(43-9-10-44(23-6-5-22(23)43)32(50)27-29(48)18(2)38-17-39-27)30(49)26-31(42-46(41-26)20-7-8-37-25(11-20)51-3)45(21)14-24(47)40-19-12-33(13-19)15-34(35,36)16-33/h7-8,11,17,19,22-23,48H,4-6,9-10,12-16H2,1-3H3,(H,40,47)/t22-,23-/m0/s1. The van der Waals surface area contributed by atoms with Crippen LogP contribution in [-0.4, -0.2) is 101 Å². The van der Waals surface area contributed by atoms with E-state index in [1.807, 2.05) is 11.8 Å². The first-order chi connectivity index (χ1) is 24.4. The summed E-state index contributed by atoms with van der Waals surface area (Å²) in [4.78, 5) is 59.0. The lowest BCUT2D eigenvalue weighted by Crippen LogP contribution is -2.67. The Kier molecular flexibility index (Phi) is 7.72. The predicted octanol–water partition coefficient (Wildman–Crippen LogP) is 2.54. The Balaban J connectivity index is 1.14. The molecule has 3 saturated carbocycles. The lowest BCUT2D eigenvalue weighted by molar-refractivity contribution is -0.198. The number of alkyl halides is 2. The molecule has 5 heterocycles. The van der Waals surface area contributed by atoms with Crippen LogP contribution in [0.4, 0.5) is 14.5 Å². The first kappa shape index (κ1) is 33.0. The van der Waals surface area contributed by atoms with Crippen LogP contribution in [-0.2, 0) is 17.8 Å². The zero-order chi connectivity index (χ0) is 35.8. The normalized spacial score (nSPS) is 21.8. The monoisotopic (exact) mass is 704 g/mol. The minimum Gasteiger partial charge on any atom is -0.504 e. The lowest BCUT2D eigenvalue weighted by atomic mass is 9.52. The number of aryl methyl sites for hydroxylation is 1. The van der Waals surface area contributed by atoms with Crippen LogP contribution in [0.25, 0.3) is 16.9 Å². The molecular weight excluding hydrogens is 666 g/mol. The van der Waals surface area contributed by atoms with Crippen LogP contribution in [0.5, 0.6) is 11.6 Å². The van der Waals surface area contributed by atoms with Crippen LogP contribution in [0.15, 0.2) is 29.5 Å². The van der Waals surface area contributed by atoms with Gasteiger partial charge in [-0.25, -0.2) is 23.7 Å². The molecule has 4 aromatic heterocycles. The topological polar surface area (TPSA) is 173 Å². The van der Waals surface area contributed by atoms with Gasteiger partial charge in [0.25, 0.3) is 5.91 Å². The molecule has 3 aliphatic carbocycles. The molecule has 15 nitrogen and oxygen atoms in total. The molecule has 268 valence electrons. The van der Waals surface area contributed by atoms with E-state index in [4.69, 9.17) is 4.74 Å².